The molecule has 2 bridgehead atoms. The van der Waals surface area contributed by atoms with Crippen LogP contribution >= 0.6 is 11.6 Å². The molecule has 6 atom stereocenters. The molecule has 3 aromatic carbocycles. The fraction of sp³-hybridized carbons (Fsp3) is 0.250. The van der Waals surface area contributed by atoms with Crippen LogP contribution in [0.4, 0.5) is 11.4 Å². The van der Waals surface area contributed by atoms with Crippen molar-refractivity contribution in [2.75, 3.05) is 11.5 Å². The molecule has 216 valence electrons. The van der Waals surface area contributed by atoms with E-state index in [0.29, 0.717) is 17.5 Å². The lowest BCUT2D eigenvalue weighted by Gasteiger charge is -2.37. The molecule has 43 heavy (non-hydrogen) atoms. The van der Waals surface area contributed by atoms with Crippen molar-refractivity contribution in [3.63, 3.8) is 0 Å². The number of hydrogen-bond acceptors (Lipinski definition) is 8. The quantitative estimate of drug-likeness (QED) is 0.0812. The molecule has 11 heteroatoms. The highest BCUT2D eigenvalue weighted by atomic mass is 35.5. The SMILES string of the molecule is O=C(COC(=O)c1cccc(N2C(=O)[C@@H]3[C@@H]4C=C[C@H]([C@H]5C[C@@H]45)[C@@H]3C2=O)c1)c1ccc(Oc2c(Cl)cccc2[N+](=O)[O-])cc1. The Labute approximate surface area is 250 Å². The van der Waals surface area contributed by atoms with Crippen LogP contribution < -0.4 is 9.64 Å². The Morgan fingerprint density at radius 3 is 2.21 bits per heavy atom. The van der Waals surface area contributed by atoms with Gasteiger partial charge < -0.3 is 9.47 Å². The van der Waals surface area contributed by atoms with Crippen LogP contribution in [0.3, 0.4) is 0 Å². The summed E-state index contributed by atoms with van der Waals surface area (Å²) in [5.41, 5.74) is 0.336. The summed E-state index contributed by atoms with van der Waals surface area (Å²) in [5, 5.41) is 11.3. The monoisotopic (exact) mass is 598 g/mol. The predicted octanol–water partition coefficient (Wildman–Crippen LogP) is 5.64. The molecule has 4 aliphatic carbocycles. The smallest absolute Gasteiger partial charge is 0.338 e. The van der Waals surface area contributed by atoms with Crippen LogP contribution in [-0.4, -0.2) is 35.1 Å². The van der Waals surface area contributed by atoms with Crippen LogP contribution in [0.2, 0.25) is 5.02 Å². The third kappa shape index (κ3) is 4.49. The van der Waals surface area contributed by atoms with E-state index < -0.39 is 23.3 Å². The van der Waals surface area contributed by atoms with Crippen LogP contribution in [-0.2, 0) is 14.3 Å². The zero-order chi connectivity index (χ0) is 30.0. The van der Waals surface area contributed by atoms with Gasteiger partial charge in [-0.1, -0.05) is 35.9 Å². The number of rotatable bonds is 8. The van der Waals surface area contributed by atoms with Crippen LogP contribution in [0.15, 0.2) is 78.9 Å². The molecule has 3 fully saturated rings. The number of nitro groups is 1. The minimum absolute atomic E-state index is 0.0581. The van der Waals surface area contributed by atoms with Crippen molar-refractivity contribution in [1.82, 2.24) is 0 Å². The average Bonchev–Trinajstić information content (AvgIpc) is 3.79. The molecular weight excluding hydrogens is 576 g/mol. The van der Waals surface area contributed by atoms with Crippen molar-refractivity contribution in [1.29, 1.82) is 0 Å². The second kappa shape index (κ2) is 10.2. The first-order valence-electron chi connectivity index (χ1n) is 13.8. The van der Waals surface area contributed by atoms with E-state index in [-0.39, 0.29) is 68.8 Å². The molecule has 1 aliphatic heterocycles. The third-order valence-electron chi connectivity index (χ3n) is 8.88. The van der Waals surface area contributed by atoms with Crippen molar-refractivity contribution in [2.45, 2.75) is 6.42 Å². The summed E-state index contributed by atoms with van der Waals surface area (Å²) in [6, 6.07) is 16.0. The zero-order valence-electron chi connectivity index (χ0n) is 22.4. The lowest BCUT2D eigenvalue weighted by molar-refractivity contribution is -0.385. The summed E-state index contributed by atoms with van der Waals surface area (Å²) in [5.74, 6) is -1.17. The zero-order valence-corrected chi connectivity index (χ0v) is 23.2. The minimum Gasteiger partial charge on any atom is -0.454 e. The Kier molecular flexibility index (Phi) is 6.39. The van der Waals surface area contributed by atoms with E-state index in [1.54, 1.807) is 12.1 Å². The maximum Gasteiger partial charge on any atom is 0.338 e. The summed E-state index contributed by atoms with van der Waals surface area (Å²) in [4.78, 5) is 64.3. The van der Waals surface area contributed by atoms with Crippen LogP contribution in [0.5, 0.6) is 11.5 Å². The third-order valence-corrected chi connectivity index (χ3v) is 9.17. The first-order chi connectivity index (χ1) is 20.7. The summed E-state index contributed by atoms with van der Waals surface area (Å²) < 4.78 is 10.8. The van der Waals surface area contributed by atoms with Gasteiger partial charge in [0.05, 0.1) is 33.0 Å². The van der Waals surface area contributed by atoms with E-state index in [1.807, 2.05) is 0 Å². The highest BCUT2D eigenvalue weighted by Crippen LogP contribution is 2.65. The van der Waals surface area contributed by atoms with Crippen molar-refractivity contribution < 1.29 is 33.6 Å². The number of halogens is 1. The van der Waals surface area contributed by atoms with Gasteiger partial charge in [-0.3, -0.25) is 24.5 Å². The summed E-state index contributed by atoms with van der Waals surface area (Å²) >= 11 is 6.07. The van der Waals surface area contributed by atoms with Gasteiger partial charge in [0.2, 0.25) is 17.6 Å². The number of allylic oxidation sites excluding steroid dienone is 2. The van der Waals surface area contributed by atoms with E-state index >= 15 is 0 Å². The molecular formula is C32H23ClN2O8. The van der Waals surface area contributed by atoms with Crippen molar-refractivity contribution in [3.05, 3.63) is 105 Å². The number of carbonyl (C=O) groups excluding carboxylic acids is 4. The van der Waals surface area contributed by atoms with Gasteiger partial charge in [-0.05, 0) is 78.6 Å². The Balaban J connectivity index is 0.999. The molecule has 5 aliphatic rings. The Morgan fingerprint density at radius 2 is 1.56 bits per heavy atom. The number of carbonyl (C=O) groups is 4. The Morgan fingerprint density at radius 1 is 0.907 bits per heavy atom. The molecule has 10 nitrogen and oxygen atoms in total. The summed E-state index contributed by atoms with van der Waals surface area (Å²) in [6.45, 7) is -0.553. The summed E-state index contributed by atoms with van der Waals surface area (Å²) in [6.07, 6.45) is 5.28. The molecule has 2 saturated carbocycles. The highest BCUT2D eigenvalue weighted by molar-refractivity contribution is 6.32. The number of ketones is 1. The number of anilines is 1. The minimum atomic E-state index is -0.777. The van der Waals surface area contributed by atoms with Crippen LogP contribution in [0.25, 0.3) is 0 Å². The lowest BCUT2D eigenvalue weighted by Crippen LogP contribution is -2.40. The van der Waals surface area contributed by atoms with Crippen molar-refractivity contribution >= 4 is 46.5 Å². The maximum atomic E-state index is 13.4. The number of nitro benzene ring substituents is 1. The lowest BCUT2D eigenvalue weighted by atomic mass is 9.63. The van der Waals surface area contributed by atoms with Gasteiger partial charge >= 0.3 is 11.7 Å². The van der Waals surface area contributed by atoms with Gasteiger partial charge in [-0.2, -0.15) is 0 Å². The number of para-hydroxylation sites is 1. The maximum absolute atomic E-state index is 13.4. The normalized spacial score (nSPS) is 26.1. The first kappa shape index (κ1) is 27.0. The number of imide groups is 1. The number of hydrogen-bond donors (Lipinski definition) is 0. The molecule has 0 aromatic heterocycles. The molecule has 3 aromatic rings. The van der Waals surface area contributed by atoms with Gasteiger partial charge in [-0.25, -0.2) is 9.69 Å². The highest BCUT2D eigenvalue weighted by Gasteiger charge is 2.67. The number of nitrogens with zero attached hydrogens (tertiary/aromatic N) is 2. The topological polar surface area (TPSA) is 133 Å². The fourth-order valence-corrected chi connectivity index (χ4v) is 7.06. The Bertz CT molecular complexity index is 1720. The second-order valence-corrected chi connectivity index (χ2v) is 11.6. The van der Waals surface area contributed by atoms with E-state index in [0.717, 1.165) is 6.42 Å². The van der Waals surface area contributed by atoms with Crippen molar-refractivity contribution in [3.8, 4) is 11.5 Å². The van der Waals surface area contributed by atoms with E-state index in [1.165, 1.54) is 59.5 Å². The molecule has 2 amide bonds. The molecule has 1 heterocycles. The van der Waals surface area contributed by atoms with Crippen LogP contribution in [0, 0.1) is 45.6 Å². The van der Waals surface area contributed by atoms with Gasteiger partial charge in [0, 0.05) is 11.6 Å². The van der Waals surface area contributed by atoms with Gasteiger partial charge in [-0.15, -0.1) is 0 Å². The predicted molar refractivity (Wildman–Crippen MR) is 153 cm³/mol. The van der Waals surface area contributed by atoms with Crippen LogP contribution in [0.1, 0.15) is 27.1 Å². The molecule has 0 unspecified atom stereocenters. The number of ether oxygens (including phenoxy) is 2. The molecule has 1 saturated heterocycles. The fourth-order valence-electron chi connectivity index (χ4n) is 6.85. The number of esters is 1. The van der Waals surface area contributed by atoms with Gasteiger partial charge in [0.25, 0.3) is 0 Å². The Hall–Kier alpha value is -4.83. The van der Waals surface area contributed by atoms with Gasteiger partial charge in [0.15, 0.2) is 12.4 Å². The summed E-state index contributed by atoms with van der Waals surface area (Å²) in [7, 11) is 0. The molecule has 8 rings (SSSR count). The number of Topliss-reactive ketones (excluding diaryl/α,β-unsaturated/α-hetero) is 1. The molecule has 0 radical (unpaired) electrons. The van der Waals surface area contributed by atoms with Gasteiger partial charge in [0.1, 0.15) is 5.75 Å². The number of amides is 2. The van der Waals surface area contributed by atoms with E-state index in [4.69, 9.17) is 21.1 Å². The first-order valence-corrected chi connectivity index (χ1v) is 14.2. The van der Waals surface area contributed by atoms with E-state index in [2.05, 4.69) is 12.2 Å². The standard InChI is InChI=1S/C32H23ClN2O8/c33-24-5-2-6-25(35(40)41)29(24)43-19-9-7-16(8-10-19)26(36)15-42-32(39)17-3-1-4-18(13-17)34-30(37)27-20-11-12-21(23-14-22(20)23)28(27)31(34)38/h1-13,20-23,27-28H,14-15H2/t20-,21-,22-,23+,27+,28-/m1/s1. The molecule has 0 spiro atoms. The average molecular weight is 599 g/mol. The largest absolute Gasteiger partial charge is 0.454 e. The second-order valence-electron chi connectivity index (χ2n) is 11.2. The van der Waals surface area contributed by atoms with Crippen molar-refractivity contribution in [2.24, 2.45) is 35.5 Å². The van der Waals surface area contributed by atoms with E-state index in [9.17, 15) is 29.3 Å². The number of benzene rings is 3. The molecule has 0 N–H and O–H groups in total.